The molecule has 0 saturated carbocycles. The molecule has 0 N–H and O–H groups in total. The van der Waals surface area contributed by atoms with Crippen molar-refractivity contribution >= 4 is 102 Å². The summed E-state index contributed by atoms with van der Waals surface area (Å²) in [5.74, 6) is 1.65. The van der Waals surface area contributed by atoms with E-state index in [1.807, 2.05) is 0 Å². The van der Waals surface area contributed by atoms with Crippen LogP contribution < -0.4 is 36.5 Å². The monoisotopic (exact) mass is 1230 g/mol. The Balaban J connectivity index is 0.878. The number of aromatic nitrogens is 5. The van der Waals surface area contributed by atoms with Gasteiger partial charge in [0, 0.05) is 55.3 Å². The van der Waals surface area contributed by atoms with Crippen molar-refractivity contribution in [1.82, 2.24) is 24.1 Å². The SMILES string of the molecule is c1ccc(B2c3ccccc3-c3ccccc3N2c2cccc(-c3nc(-c4cccc([Si](c5ccccc5)(c5cccc(-c6ccccc6)c5)c5cccc(-c6ccccc6)c5)c4)nc(-n4c5ccccc5c5cc(-n6c7ccccc7c7ccccc76)ccc54)n3)c2)cc1. The van der Waals surface area contributed by atoms with Crippen LogP contribution >= 0.6 is 0 Å². The van der Waals surface area contributed by atoms with Gasteiger partial charge in [-0.1, -0.05) is 309 Å². The van der Waals surface area contributed by atoms with E-state index in [0.29, 0.717) is 17.6 Å². The molecule has 0 saturated heterocycles. The minimum absolute atomic E-state index is 0.120. The quantitative estimate of drug-likeness (QED) is 0.0904. The van der Waals surface area contributed by atoms with Gasteiger partial charge in [0.15, 0.2) is 19.7 Å². The van der Waals surface area contributed by atoms with Crippen LogP contribution in [0.3, 0.4) is 0 Å². The highest BCUT2D eigenvalue weighted by Crippen LogP contribution is 2.42. The Bertz CT molecular complexity index is 5640. The molecular formula is C87H59BN6Si. The van der Waals surface area contributed by atoms with Crippen LogP contribution in [0, 0.1) is 0 Å². The molecule has 0 amide bonds. The Morgan fingerprint density at radius 2 is 0.695 bits per heavy atom. The summed E-state index contributed by atoms with van der Waals surface area (Å²) in [5, 5.41) is 9.64. The number of hydrogen-bond donors (Lipinski definition) is 0. The average Bonchev–Trinajstić information content (AvgIpc) is 1.61. The van der Waals surface area contributed by atoms with Crippen LogP contribution in [0.5, 0.6) is 0 Å². The lowest BCUT2D eigenvalue weighted by Gasteiger charge is -2.39. The second-order valence-corrected chi connectivity index (χ2v) is 28.4. The first kappa shape index (κ1) is 55.6. The summed E-state index contributed by atoms with van der Waals surface area (Å²) in [7, 11) is -3.27. The lowest BCUT2D eigenvalue weighted by atomic mass is 9.46. The predicted molar refractivity (Wildman–Crippen MR) is 399 cm³/mol. The largest absolute Gasteiger partial charge is 0.376 e. The summed E-state index contributed by atoms with van der Waals surface area (Å²) in [6.45, 7) is -0.120. The summed E-state index contributed by atoms with van der Waals surface area (Å²) in [4.78, 5) is 19.6. The fourth-order valence-electron chi connectivity index (χ4n) is 15.2. The van der Waals surface area contributed by atoms with Gasteiger partial charge in [0.2, 0.25) is 5.95 Å². The van der Waals surface area contributed by atoms with Gasteiger partial charge in [-0.15, -0.1) is 0 Å². The van der Waals surface area contributed by atoms with Gasteiger partial charge in [0.25, 0.3) is 0 Å². The fraction of sp³-hybridized carbons (Fsp3) is 0. The van der Waals surface area contributed by atoms with Crippen LogP contribution in [0.1, 0.15) is 0 Å². The lowest BCUT2D eigenvalue weighted by Crippen LogP contribution is -2.74. The summed E-state index contributed by atoms with van der Waals surface area (Å²) in [6, 6.07) is 131. The van der Waals surface area contributed by atoms with E-state index in [0.717, 1.165) is 61.0 Å². The molecule has 6 nitrogen and oxygen atoms in total. The van der Waals surface area contributed by atoms with Gasteiger partial charge in [-0.2, -0.15) is 9.97 Å². The first-order chi connectivity index (χ1) is 47.1. The topological polar surface area (TPSA) is 51.8 Å². The maximum absolute atomic E-state index is 5.73. The Labute approximate surface area is 552 Å². The first-order valence-electron chi connectivity index (χ1n) is 32.5. The van der Waals surface area contributed by atoms with Crippen molar-refractivity contribution in [2.24, 2.45) is 0 Å². The van der Waals surface area contributed by atoms with E-state index in [1.165, 1.54) is 75.8 Å². The van der Waals surface area contributed by atoms with Gasteiger partial charge in [-0.25, -0.2) is 4.98 Å². The van der Waals surface area contributed by atoms with E-state index < -0.39 is 8.07 Å². The van der Waals surface area contributed by atoms with Crippen molar-refractivity contribution in [2.45, 2.75) is 0 Å². The van der Waals surface area contributed by atoms with Crippen LogP contribution in [-0.2, 0) is 0 Å². The summed E-state index contributed by atoms with van der Waals surface area (Å²) in [6.07, 6.45) is 0. The number of benzene rings is 14. The second kappa shape index (κ2) is 23.2. The third-order valence-corrected chi connectivity index (χ3v) is 24.1. The summed E-state index contributed by atoms with van der Waals surface area (Å²) >= 11 is 0. The van der Waals surface area contributed by atoms with E-state index in [9.17, 15) is 0 Å². The van der Waals surface area contributed by atoms with Crippen LogP contribution in [0.15, 0.2) is 358 Å². The van der Waals surface area contributed by atoms with E-state index >= 15 is 0 Å². The predicted octanol–water partition coefficient (Wildman–Crippen LogP) is 17.0. The highest BCUT2D eigenvalue weighted by molar-refractivity contribution is 7.20. The van der Waals surface area contributed by atoms with Crippen LogP contribution in [0.2, 0.25) is 0 Å². The Morgan fingerprint density at radius 1 is 0.263 bits per heavy atom. The number of hydrogen-bond acceptors (Lipinski definition) is 4. The standard InChI is InChI=1S/C87H59BN6Si/c1-5-27-60(28-6-1)62-31-24-40-70(56-62)95(69-38-11-4-12-39-69,71-41-25-32-63(57-71)61-29-7-2-8-30-61)72-42-26-34-65(58-72)86-89-85(64-33-23-37-68(55-64)94-84-52-22-17-44-74(84)73-43-13-18-48-79(73)88(94)66-35-9-3-10-36-66)90-87(91-86)93-82-51-21-16-47-77(82)78-59-67(53-54-83(78)93)92-80-49-19-14-45-75(80)76-46-15-20-50-81(76)92/h1-59H. The molecule has 0 radical (unpaired) electrons. The Hall–Kier alpha value is -12.2. The van der Waals surface area contributed by atoms with Crippen molar-refractivity contribution in [3.05, 3.63) is 358 Å². The number of fused-ring (bicyclic) bond motifs is 9. The highest BCUT2D eigenvalue weighted by Gasteiger charge is 2.43. The molecule has 0 atom stereocenters. The first-order valence-corrected chi connectivity index (χ1v) is 34.5. The van der Waals surface area contributed by atoms with Crippen LogP contribution in [-0.4, -0.2) is 39.0 Å². The molecule has 95 heavy (non-hydrogen) atoms. The normalized spacial score (nSPS) is 12.2. The molecule has 0 unspecified atom stereocenters. The molecule has 0 fully saturated rings. The zero-order valence-electron chi connectivity index (χ0n) is 51.8. The molecule has 17 aromatic rings. The maximum Gasteiger partial charge on any atom is 0.328 e. The van der Waals surface area contributed by atoms with Crippen molar-refractivity contribution in [3.8, 4) is 67.8 Å². The Morgan fingerprint density at radius 3 is 1.31 bits per heavy atom. The number of nitrogens with zero attached hydrogens (tertiary/aromatic N) is 6. The van der Waals surface area contributed by atoms with Gasteiger partial charge in [0.05, 0.1) is 22.1 Å². The molecular weight excluding hydrogens is 1170 g/mol. The molecule has 444 valence electrons. The lowest BCUT2D eigenvalue weighted by molar-refractivity contribution is 0.953. The van der Waals surface area contributed by atoms with Gasteiger partial charge in [0.1, 0.15) is 0 Å². The molecule has 14 aromatic carbocycles. The molecule has 18 rings (SSSR count). The molecule has 8 heteroatoms. The smallest absolute Gasteiger partial charge is 0.328 e. The molecule has 3 aromatic heterocycles. The van der Waals surface area contributed by atoms with E-state index in [-0.39, 0.29) is 6.85 Å². The second-order valence-electron chi connectivity index (χ2n) is 24.6. The van der Waals surface area contributed by atoms with Crippen molar-refractivity contribution < 1.29 is 0 Å². The van der Waals surface area contributed by atoms with Crippen LogP contribution in [0.4, 0.5) is 11.4 Å². The van der Waals surface area contributed by atoms with Crippen LogP contribution in [0.25, 0.3) is 111 Å². The van der Waals surface area contributed by atoms with E-state index in [1.54, 1.807) is 0 Å². The fourth-order valence-corrected chi connectivity index (χ4v) is 20.0. The molecule has 4 heterocycles. The van der Waals surface area contributed by atoms with Crippen molar-refractivity contribution in [2.75, 3.05) is 4.81 Å². The minimum atomic E-state index is -3.27. The zero-order valence-corrected chi connectivity index (χ0v) is 52.8. The van der Waals surface area contributed by atoms with Gasteiger partial charge >= 0.3 is 6.85 Å². The van der Waals surface area contributed by atoms with Gasteiger partial charge in [-0.05, 0) is 109 Å². The van der Waals surface area contributed by atoms with Crippen molar-refractivity contribution in [3.63, 3.8) is 0 Å². The number of rotatable bonds is 12. The molecule has 1 aliphatic rings. The third-order valence-electron chi connectivity index (χ3n) is 19.3. The molecule has 1 aliphatic heterocycles. The van der Waals surface area contributed by atoms with Crippen molar-refractivity contribution in [1.29, 1.82) is 0 Å². The van der Waals surface area contributed by atoms with Gasteiger partial charge in [-0.3, -0.25) is 4.57 Å². The summed E-state index contributed by atoms with van der Waals surface area (Å²) in [5.41, 5.74) is 18.8. The minimum Gasteiger partial charge on any atom is -0.376 e. The molecule has 0 bridgehead atoms. The highest BCUT2D eigenvalue weighted by atomic mass is 28.3. The summed E-state index contributed by atoms with van der Waals surface area (Å²) < 4.78 is 4.64. The van der Waals surface area contributed by atoms with Gasteiger partial charge < -0.3 is 9.38 Å². The Kier molecular flexibility index (Phi) is 13.6. The average molecular weight is 1230 g/mol. The van der Waals surface area contributed by atoms with E-state index in [2.05, 4.69) is 372 Å². The number of para-hydroxylation sites is 4. The van der Waals surface area contributed by atoms with E-state index in [4.69, 9.17) is 15.0 Å². The molecule has 0 aliphatic carbocycles. The molecule has 0 spiro atoms. The number of anilines is 2. The zero-order chi connectivity index (χ0) is 62.8. The maximum atomic E-state index is 5.73. The third kappa shape index (κ3) is 9.36.